The highest BCUT2D eigenvalue weighted by molar-refractivity contribution is 7.88. The molecule has 8 heteroatoms. The van der Waals surface area contributed by atoms with Crippen LogP contribution in [0.4, 0.5) is 0 Å². The van der Waals surface area contributed by atoms with Gasteiger partial charge in [-0.1, -0.05) is 29.3 Å². The van der Waals surface area contributed by atoms with Gasteiger partial charge < -0.3 is 4.98 Å². The van der Waals surface area contributed by atoms with E-state index in [4.69, 9.17) is 23.2 Å². The molecule has 140 valence electrons. The van der Waals surface area contributed by atoms with E-state index in [9.17, 15) is 8.42 Å². The fourth-order valence-electron chi connectivity index (χ4n) is 3.36. The van der Waals surface area contributed by atoms with Crippen LogP contribution in [0.25, 0.3) is 22.2 Å². The summed E-state index contributed by atoms with van der Waals surface area (Å²) in [5.74, 6) is 0.0971. The number of rotatable bonds is 3. The lowest BCUT2D eigenvalue weighted by molar-refractivity contribution is 0.464. The Morgan fingerprint density at radius 3 is 2.70 bits per heavy atom. The molecular formula is C19H17Cl2N3O2S. The maximum absolute atomic E-state index is 11.7. The Morgan fingerprint density at radius 1 is 1.19 bits per heavy atom. The van der Waals surface area contributed by atoms with Gasteiger partial charge in [0.05, 0.1) is 6.26 Å². The third-order valence-corrected chi connectivity index (χ3v) is 6.46. The minimum atomic E-state index is -3.21. The zero-order valence-corrected chi connectivity index (χ0v) is 16.8. The summed E-state index contributed by atoms with van der Waals surface area (Å²) in [6.07, 6.45) is 7.19. The second kappa shape index (κ2) is 6.86. The quantitative estimate of drug-likeness (QED) is 0.660. The van der Waals surface area contributed by atoms with Gasteiger partial charge in [0.1, 0.15) is 5.65 Å². The predicted octanol–water partition coefficient (Wildman–Crippen LogP) is 4.80. The Morgan fingerprint density at radius 2 is 2.00 bits per heavy atom. The Labute approximate surface area is 167 Å². The molecular weight excluding hydrogens is 405 g/mol. The summed E-state index contributed by atoms with van der Waals surface area (Å²) in [6.45, 7) is 0.454. The number of H-pyrrole nitrogens is 1. The molecule has 1 atom stereocenters. The first-order valence-corrected chi connectivity index (χ1v) is 11.0. The number of hydrogen-bond donors (Lipinski definition) is 1. The van der Waals surface area contributed by atoms with Crippen LogP contribution in [-0.4, -0.2) is 35.5 Å². The fourth-order valence-corrected chi connectivity index (χ4v) is 4.48. The Balaban J connectivity index is 1.75. The van der Waals surface area contributed by atoms with E-state index in [-0.39, 0.29) is 5.92 Å². The van der Waals surface area contributed by atoms with Crippen molar-refractivity contribution in [2.75, 3.05) is 12.8 Å². The van der Waals surface area contributed by atoms with Crippen molar-refractivity contribution in [1.29, 1.82) is 0 Å². The molecule has 27 heavy (non-hydrogen) atoms. The molecule has 0 aliphatic carbocycles. The van der Waals surface area contributed by atoms with Gasteiger partial charge in [-0.05, 0) is 42.3 Å². The number of aromatic amines is 1. The lowest BCUT2D eigenvalue weighted by Gasteiger charge is -2.25. The first-order valence-electron chi connectivity index (χ1n) is 8.41. The number of nitrogens with one attached hydrogen (secondary N) is 1. The number of halogens is 2. The largest absolute Gasteiger partial charge is 0.343 e. The van der Waals surface area contributed by atoms with Gasteiger partial charge in [0.2, 0.25) is 10.0 Å². The highest BCUT2D eigenvalue weighted by Crippen LogP contribution is 2.36. The van der Waals surface area contributed by atoms with E-state index in [2.05, 4.69) is 16.0 Å². The van der Waals surface area contributed by atoms with Crippen LogP contribution in [-0.2, 0) is 10.0 Å². The summed E-state index contributed by atoms with van der Waals surface area (Å²) in [4.78, 5) is 7.78. The number of sulfonamides is 1. The molecule has 1 aliphatic rings. The fraction of sp³-hybridized carbons (Fsp3) is 0.211. The number of hydrogen-bond acceptors (Lipinski definition) is 3. The molecule has 3 aromatic rings. The second-order valence-electron chi connectivity index (χ2n) is 6.58. The molecule has 1 unspecified atom stereocenters. The van der Waals surface area contributed by atoms with Crippen molar-refractivity contribution in [3.05, 3.63) is 64.5 Å². The number of fused-ring (bicyclic) bond motifs is 1. The highest BCUT2D eigenvalue weighted by Gasteiger charge is 2.22. The molecule has 2 aromatic heterocycles. The van der Waals surface area contributed by atoms with Crippen LogP contribution < -0.4 is 0 Å². The average molecular weight is 422 g/mol. The summed E-state index contributed by atoms with van der Waals surface area (Å²) in [6, 6.07) is 9.35. The normalized spacial score (nSPS) is 17.6. The highest BCUT2D eigenvalue weighted by atomic mass is 35.5. The van der Waals surface area contributed by atoms with Crippen LogP contribution in [0.1, 0.15) is 18.0 Å². The Kier molecular flexibility index (Phi) is 4.66. The number of aromatic nitrogens is 2. The maximum atomic E-state index is 11.7. The van der Waals surface area contributed by atoms with E-state index in [1.807, 2.05) is 18.2 Å². The third kappa shape index (κ3) is 3.57. The maximum Gasteiger partial charge on any atom is 0.231 e. The van der Waals surface area contributed by atoms with Crippen LogP contribution in [0.5, 0.6) is 0 Å². The lowest BCUT2D eigenvalue weighted by Crippen LogP contribution is -2.29. The van der Waals surface area contributed by atoms with Crippen molar-refractivity contribution >= 4 is 44.3 Å². The molecule has 5 nitrogen and oxygen atoms in total. The van der Waals surface area contributed by atoms with Gasteiger partial charge in [0.25, 0.3) is 0 Å². The topological polar surface area (TPSA) is 66.1 Å². The van der Waals surface area contributed by atoms with Crippen molar-refractivity contribution < 1.29 is 8.42 Å². The van der Waals surface area contributed by atoms with Crippen LogP contribution in [0.15, 0.2) is 48.8 Å². The predicted molar refractivity (Wildman–Crippen MR) is 110 cm³/mol. The van der Waals surface area contributed by atoms with Crippen molar-refractivity contribution in [1.82, 2.24) is 14.3 Å². The minimum Gasteiger partial charge on any atom is -0.343 e. The van der Waals surface area contributed by atoms with Gasteiger partial charge in [-0.3, -0.25) is 4.31 Å². The van der Waals surface area contributed by atoms with E-state index >= 15 is 0 Å². The van der Waals surface area contributed by atoms with E-state index in [1.165, 1.54) is 10.6 Å². The molecule has 0 amide bonds. The van der Waals surface area contributed by atoms with Crippen molar-refractivity contribution in [2.45, 2.75) is 12.3 Å². The first-order chi connectivity index (χ1) is 12.8. The van der Waals surface area contributed by atoms with Crippen LogP contribution in [0.2, 0.25) is 10.0 Å². The smallest absolute Gasteiger partial charge is 0.231 e. The number of allylic oxidation sites excluding steroid dienone is 1. The monoisotopic (exact) mass is 421 g/mol. The molecule has 1 N–H and O–H groups in total. The molecule has 1 aliphatic heterocycles. The van der Waals surface area contributed by atoms with Gasteiger partial charge in [-0.15, -0.1) is 0 Å². The Bertz CT molecular complexity index is 1150. The van der Waals surface area contributed by atoms with Crippen LogP contribution in [0, 0.1) is 0 Å². The van der Waals surface area contributed by atoms with Gasteiger partial charge in [-0.25, -0.2) is 13.4 Å². The van der Waals surface area contributed by atoms with Gasteiger partial charge in [0, 0.05) is 51.5 Å². The van der Waals surface area contributed by atoms with Crippen LogP contribution in [0.3, 0.4) is 0 Å². The molecule has 0 saturated heterocycles. The van der Waals surface area contributed by atoms with E-state index < -0.39 is 10.0 Å². The first kappa shape index (κ1) is 18.3. The van der Waals surface area contributed by atoms with Crippen molar-refractivity contribution in [3.8, 4) is 11.1 Å². The molecule has 3 heterocycles. The van der Waals surface area contributed by atoms with E-state index in [0.29, 0.717) is 23.0 Å². The number of pyridine rings is 1. The van der Waals surface area contributed by atoms with Gasteiger partial charge in [-0.2, -0.15) is 0 Å². The lowest BCUT2D eigenvalue weighted by atomic mass is 9.98. The summed E-state index contributed by atoms with van der Waals surface area (Å²) in [7, 11) is -3.21. The standard InChI is InChI=1S/C19H17Cl2N3O2S/c1-27(25,26)24-8-5-12(6-9-24)18-11-16-14(4-7-22-19(16)23-18)15-10-13(20)2-3-17(15)21/h2-5,7-8,10-12H,6,9H2,1H3,(H,22,23). The van der Waals surface area contributed by atoms with E-state index in [1.54, 1.807) is 24.5 Å². The van der Waals surface area contributed by atoms with E-state index in [0.717, 1.165) is 27.9 Å². The molecule has 0 spiro atoms. The van der Waals surface area contributed by atoms with Crippen molar-refractivity contribution in [3.63, 3.8) is 0 Å². The number of benzene rings is 1. The average Bonchev–Trinajstić information content (AvgIpc) is 3.07. The zero-order chi connectivity index (χ0) is 19.2. The molecule has 0 radical (unpaired) electrons. The summed E-state index contributed by atoms with van der Waals surface area (Å²) >= 11 is 12.5. The molecule has 0 bridgehead atoms. The minimum absolute atomic E-state index is 0.0971. The van der Waals surface area contributed by atoms with Gasteiger partial charge >= 0.3 is 0 Å². The van der Waals surface area contributed by atoms with Gasteiger partial charge in [0.15, 0.2) is 0 Å². The third-order valence-electron chi connectivity index (χ3n) is 4.74. The Hall–Kier alpha value is -2.02. The summed E-state index contributed by atoms with van der Waals surface area (Å²) < 4.78 is 24.7. The van der Waals surface area contributed by atoms with Crippen LogP contribution >= 0.6 is 23.2 Å². The molecule has 4 rings (SSSR count). The second-order valence-corrected chi connectivity index (χ2v) is 9.36. The summed E-state index contributed by atoms with van der Waals surface area (Å²) in [5, 5.41) is 2.19. The molecule has 0 saturated carbocycles. The summed E-state index contributed by atoms with van der Waals surface area (Å²) in [5.41, 5.74) is 3.56. The molecule has 0 fully saturated rings. The van der Waals surface area contributed by atoms with Crippen molar-refractivity contribution in [2.24, 2.45) is 0 Å². The SMILES string of the molecule is CS(=O)(=O)N1C=CC(c2cc3c(-c4cc(Cl)ccc4Cl)ccnc3[nH]2)CC1. The zero-order valence-electron chi connectivity index (χ0n) is 14.5. The molecule has 1 aromatic carbocycles. The number of nitrogens with zero attached hydrogens (tertiary/aromatic N) is 2.